The number of rotatable bonds is 4. The number of benzene rings is 1. The zero-order valence-corrected chi connectivity index (χ0v) is 10.9. The molecule has 2 rings (SSSR count). The molecule has 0 atom stereocenters. The largest absolute Gasteiger partial charge is 0.496 e. The zero-order chi connectivity index (χ0) is 13.0. The van der Waals surface area contributed by atoms with Gasteiger partial charge in [-0.05, 0) is 12.1 Å². The van der Waals surface area contributed by atoms with Crippen LogP contribution in [0.25, 0.3) is 0 Å². The summed E-state index contributed by atoms with van der Waals surface area (Å²) in [4.78, 5) is 13.5. The van der Waals surface area contributed by atoms with Crippen LogP contribution in [-0.2, 0) is 11.3 Å². The number of ether oxygens (including phenoxy) is 2. The van der Waals surface area contributed by atoms with Gasteiger partial charge in [0.05, 0.1) is 19.8 Å². The van der Waals surface area contributed by atoms with Gasteiger partial charge < -0.3 is 9.47 Å². The minimum absolute atomic E-state index is 0.359. The Bertz CT molecular complexity index is 399. The number of methoxy groups -OCH3 is 2. The van der Waals surface area contributed by atoms with E-state index in [0.717, 1.165) is 36.7 Å². The third kappa shape index (κ3) is 2.82. The fraction of sp³-hybridized carbons (Fsp3) is 0.500. The van der Waals surface area contributed by atoms with Crippen LogP contribution in [0.3, 0.4) is 0 Å². The van der Waals surface area contributed by atoms with E-state index in [1.54, 1.807) is 14.2 Å². The Labute approximate surface area is 107 Å². The molecule has 0 radical (unpaired) electrons. The summed E-state index contributed by atoms with van der Waals surface area (Å²) in [6.45, 7) is 2.40. The van der Waals surface area contributed by atoms with Crippen LogP contribution < -0.4 is 9.47 Å². The van der Waals surface area contributed by atoms with Gasteiger partial charge in [0.1, 0.15) is 17.3 Å². The van der Waals surface area contributed by atoms with Crippen molar-refractivity contribution in [2.75, 3.05) is 27.3 Å². The minimum atomic E-state index is 0.359. The van der Waals surface area contributed by atoms with Gasteiger partial charge in [0.2, 0.25) is 0 Å². The molecular weight excluding hydrogens is 230 g/mol. The van der Waals surface area contributed by atoms with E-state index in [1.807, 2.05) is 18.2 Å². The maximum Gasteiger partial charge on any atom is 0.135 e. The molecule has 0 aliphatic carbocycles. The van der Waals surface area contributed by atoms with Gasteiger partial charge in [-0.15, -0.1) is 0 Å². The van der Waals surface area contributed by atoms with Crippen molar-refractivity contribution < 1.29 is 14.3 Å². The van der Waals surface area contributed by atoms with Crippen LogP contribution in [0.1, 0.15) is 18.4 Å². The van der Waals surface area contributed by atoms with Crippen LogP contribution in [0.4, 0.5) is 0 Å². The highest BCUT2D eigenvalue weighted by molar-refractivity contribution is 5.79. The summed E-state index contributed by atoms with van der Waals surface area (Å²) in [7, 11) is 3.33. The molecule has 98 valence electrons. The van der Waals surface area contributed by atoms with Crippen LogP contribution in [-0.4, -0.2) is 38.0 Å². The van der Waals surface area contributed by atoms with E-state index in [4.69, 9.17) is 9.47 Å². The molecule has 1 aromatic rings. The molecule has 0 aromatic heterocycles. The molecule has 0 saturated carbocycles. The molecule has 0 unspecified atom stereocenters. The molecule has 1 fully saturated rings. The van der Waals surface area contributed by atoms with Gasteiger partial charge >= 0.3 is 0 Å². The van der Waals surface area contributed by atoms with Crippen molar-refractivity contribution in [3.63, 3.8) is 0 Å². The van der Waals surface area contributed by atoms with E-state index in [9.17, 15) is 4.79 Å². The molecule has 0 N–H and O–H groups in total. The number of ketones is 1. The van der Waals surface area contributed by atoms with Crippen LogP contribution in [0.15, 0.2) is 18.2 Å². The molecule has 0 bridgehead atoms. The lowest BCUT2D eigenvalue weighted by atomic mass is 10.1. The minimum Gasteiger partial charge on any atom is -0.496 e. The monoisotopic (exact) mass is 249 g/mol. The van der Waals surface area contributed by atoms with Gasteiger partial charge in [-0.25, -0.2) is 0 Å². The van der Waals surface area contributed by atoms with E-state index in [2.05, 4.69) is 4.90 Å². The summed E-state index contributed by atoms with van der Waals surface area (Å²) in [6.07, 6.45) is 1.30. The quantitative estimate of drug-likeness (QED) is 0.816. The third-order valence-corrected chi connectivity index (χ3v) is 3.33. The van der Waals surface area contributed by atoms with E-state index in [0.29, 0.717) is 18.6 Å². The molecule has 1 saturated heterocycles. The number of carbonyl (C=O) groups excluding carboxylic acids is 1. The molecule has 1 aliphatic heterocycles. The molecule has 0 amide bonds. The summed E-state index contributed by atoms with van der Waals surface area (Å²) in [5, 5.41) is 0. The SMILES string of the molecule is COc1cccc(OC)c1CN1CCC(=O)CC1. The van der Waals surface area contributed by atoms with Crippen LogP contribution in [0.2, 0.25) is 0 Å². The van der Waals surface area contributed by atoms with Crippen molar-refractivity contribution in [1.82, 2.24) is 4.90 Å². The van der Waals surface area contributed by atoms with Gasteiger partial charge in [0.25, 0.3) is 0 Å². The predicted molar refractivity (Wildman–Crippen MR) is 69.1 cm³/mol. The number of piperidine rings is 1. The molecular formula is C14H19NO3. The first kappa shape index (κ1) is 12.9. The van der Waals surface area contributed by atoms with Crippen LogP contribution in [0, 0.1) is 0 Å². The highest BCUT2D eigenvalue weighted by Crippen LogP contribution is 2.30. The number of likely N-dealkylation sites (tertiary alicyclic amines) is 1. The first-order chi connectivity index (χ1) is 8.74. The summed E-state index contributed by atoms with van der Waals surface area (Å²) < 4.78 is 10.8. The Hall–Kier alpha value is -1.55. The molecule has 18 heavy (non-hydrogen) atoms. The second kappa shape index (κ2) is 5.87. The Balaban J connectivity index is 2.14. The normalized spacial score (nSPS) is 16.7. The first-order valence-electron chi connectivity index (χ1n) is 6.18. The number of nitrogens with zero attached hydrogens (tertiary/aromatic N) is 1. The lowest BCUT2D eigenvalue weighted by molar-refractivity contribution is -0.121. The van der Waals surface area contributed by atoms with Gasteiger partial charge in [-0.3, -0.25) is 9.69 Å². The van der Waals surface area contributed by atoms with Crippen LogP contribution in [0.5, 0.6) is 11.5 Å². The van der Waals surface area contributed by atoms with Gasteiger partial charge in [-0.2, -0.15) is 0 Å². The van der Waals surface area contributed by atoms with Crippen molar-refractivity contribution in [1.29, 1.82) is 0 Å². The lowest BCUT2D eigenvalue weighted by Crippen LogP contribution is -2.33. The first-order valence-corrected chi connectivity index (χ1v) is 6.18. The Kier molecular flexibility index (Phi) is 4.20. The molecule has 1 heterocycles. The van der Waals surface area contributed by atoms with Crippen molar-refractivity contribution >= 4 is 5.78 Å². The molecule has 4 nitrogen and oxygen atoms in total. The van der Waals surface area contributed by atoms with Crippen molar-refractivity contribution in [2.24, 2.45) is 0 Å². The number of carbonyl (C=O) groups is 1. The smallest absolute Gasteiger partial charge is 0.135 e. The number of Topliss-reactive ketones (excluding diaryl/α,β-unsaturated/α-hetero) is 1. The lowest BCUT2D eigenvalue weighted by Gasteiger charge is -2.27. The Morgan fingerprint density at radius 1 is 1.11 bits per heavy atom. The number of hydrogen-bond donors (Lipinski definition) is 0. The third-order valence-electron chi connectivity index (χ3n) is 3.33. The van der Waals surface area contributed by atoms with E-state index < -0.39 is 0 Å². The molecule has 1 aromatic carbocycles. The summed E-state index contributed by atoms with van der Waals surface area (Å²) in [6, 6.07) is 5.79. The van der Waals surface area contributed by atoms with Gasteiger partial charge in [-0.1, -0.05) is 6.07 Å². The molecule has 4 heteroatoms. The maximum absolute atomic E-state index is 11.2. The highest BCUT2D eigenvalue weighted by Gasteiger charge is 2.19. The summed E-state index contributed by atoms with van der Waals surface area (Å²) in [5.41, 5.74) is 1.05. The summed E-state index contributed by atoms with van der Waals surface area (Å²) >= 11 is 0. The maximum atomic E-state index is 11.2. The molecule has 0 spiro atoms. The average molecular weight is 249 g/mol. The number of hydrogen-bond acceptors (Lipinski definition) is 4. The fourth-order valence-corrected chi connectivity index (χ4v) is 2.27. The average Bonchev–Trinajstić information content (AvgIpc) is 2.41. The van der Waals surface area contributed by atoms with Crippen molar-refractivity contribution in [2.45, 2.75) is 19.4 Å². The zero-order valence-electron chi connectivity index (χ0n) is 10.9. The predicted octanol–water partition coefficient (Wildman–Crippen LogP) is 1.87. The second-order valence-corrected chi connectivity index (χ2v) is 4.46. The second-order valence-electron chi connectivity index (χ2n) is 4.46. The molecule has 1 aliphatic rings. The Morgan fingerprint density at radius 2 is 1.67 bits per heavy atom. The van der Waals surface area contributed by atoms with E-state index in [1.165, 1.54) is 0 Å². The van der Waals surface area contributed by atoms with E-state index in [-0.39, 0.29) is 0 Å². The Morgan fingerprint density at radius 3 is 2.17 bits per heavy atom. The van der Waals surface area contributed by atoms with Gasteiger partial charge in [0, 0.05) is 32.5 Å². The van der Waals surface area contributed by atoms with Crippen molar-refractivity contribution in [3.8, 4) is 11.5 Å². The fourth-order valence-electron chi connectivity index (χ4n) is 2.27. The topological polar surface area (TPSA) is 38.8 Å². The summed E-state index contributed by atoms with van der Waals surface area (Å²) in [5.74, 6) is 2.04. The van der Waals surface area contributed by atoms with Gasteiger partial charge in [0.15, 0.2) is 0 Å². The highest BCUT2D eigenvalue weighted by atomic mass is 16.5. The van der Waals surface area contributed by atoms with Crippen LogP contribution >= 0.6 is 0 Å². The van der Waals surface area contributed by atoms with E-state index >= 15 is 0 Å². The standard InChI is InChI=1S/C14H19NO3/c1-17-13-4-3-5-14(18-2)12(13)10-15-8-6-11(16)7-9-15/h3-5H,6-10H2,1-2H3. The van der Waals surface area contributed by atoms with Crippen molar-refractivity contribution in [3.05, 3.63) is 23.8 Å².